The van der Waals surface area contributed by atoms with Crippen LogP contribution in [-0.2, 0) is 6.42 Å². The molecule has 0 aromatic carbocycles. The molecule has 16 heavy (non-hydrogen) atoms. The highest BCUT2D eigenvalue weighted by molar-refractivity contribution is 7.13. The first-order chi connectivity index (χ1) is 7.90. The third-order valence-electron chi connectivity index (χ3n) is 2.31. The predicted octanol–water partition coefficient (Wildman–Crippen LogP) is 2.36. The maximum atomic E-state index is 4.56. The maximum Gasteiger partial charge on any atom is 0.129 e. The van der Waals surface area contributed by atoms with Gasteiger partial charge in [-0.1, -0.05) is 6.07 Å². The topological polar surface area (TPSA) is 37.8 Å². The lowest BCUT2D eigenvalue weighted by Crippen LogP contribution is -2.09. The zero-order valence-corrected chi connectivity index (χ0v) is 10.1. The van der Waals surface area contributed by atoms with Crippen molar-refractivity contribution in [1.82, 2.24) is 15.3 Å². The lowest BCUT2D eigenvalue weighted by atomic mass is 10.2. The molecule has 2 heterocycles. The fourth-order valence-electron chi connectivity index (χ4n) is 1.50. The Bertz CT molecular complexity index is 426. The normalized spacial score (nSPS) is 10.6. The Labute approximate surface area is 99.6 Å². The quantitative estimate of drug-likeness (QED) is 0.806. The molecule has 84 valence electrons. The predicted molar refractivity (Wildman–Crippen MR) is 67.6 cm³/mol. The second kappa shape index (κ2) is 5.72. The van der Waals surface area contributed by atoms with Gasteiger partial charge < -0.3 is 5.32 Å². The maximum absolute atomic E-state index is 4.56. The molecule has 4 heteroatoms. The average Bonchev–Trinajstić information content (AvgIpc) is 2.83. The van der Waals surface area contributed by atoms with Crippen LogP contribution in [-0.4, -0.2) is 23.6 Å². The Hall–Kier alpha value is -1.26. The van der Waals surface area contributed by atoms with Gasteiger partial charge in [0.05, 0.1) is 10.6 Å². The van der Waals surface area contributed by atoms with Crippen molar-refractivity contribution < 1.29 is 0 Å². The van der Waals surface area contributed by atoms with E-state index in [0.29, 0.717) is 0 Å². The van der Waals surface area contributed by atoms with Gasteiger partial charge in [-0.15, -0.1) is 11.3 Å². The molecule has 2 aromatic heterocycles. The molecular weight excluding hydrogens is 218 g/mol. The van der Waals surface area contributed by atoms with Crippen molar-refractivity contribution in [2.75, 3.05) is 13.6 Å². The minimum atomic E-state index is 0.931. The Balaban J connectivity index is 2.08. The summed E-state index contributed by atoms with van der Waals surface area (Å²) >= 11 is 1.71. The van der Waals surface area contributed by atoms with Crippen LogP contribution in [0.25, 0.3) is 10.6 Å². The Morgan fingerprint density at radius 3 is 3.06 bits per heavy atom. The zero-order valence-electron chi connectivity index (χ0n) is 9.31. The number of hydrogen-bond acceptors (Lipinski definition) is 4. The van der Waals surface area contributed by atoms with Gasteiger partial charge in [0.15, 0.2) is 0 Å². The lowest BCUT2D eigenvalue weighted by Gasteiger charge is -2.01. The highest BCUT2D eigenvalue weighted by Crippen LogP contribution is 2.21. The van der Waals surface area contributed by atoms with Crippen molar-refractivity contribution in [3.05, 3.63) is 35.6 Å². The van der Waals surface area contributed by atoms with Crippen molar-refractivity contribution >= 4 is 11.3 Å². The Morgan fingerprint density at radius 2 is 2.31 bits per heavy atom. The molecule has 0 aliphatic carbocycles. The van der Waals surface area contributed by atoms with Gasteiger partial charge in [-0.05, 0) is 37.5 Å². The summed E-state index contributed by atoms with van der Waals surface area (Å²) in [4.78, 5) is 10.1. The first-order valence-corrected chi connectivity index (χ1v) is 6.28. The monoisotopic (exact) mass is 233 g/mol. The van der Waals surface area contributed by atoms with Gasteiger partial charge in [-0.25, -0.2) is 9.97 Å². The van der Waals surface area contributed by atoms with Crippen LogP contribution in [0.5, 0.6) is 0 Å². The standard InChI is InChI=1S/C12H15N3S/c1-13-7-2-5-12-14-8-6-10(15-12)11-4-3-9-16-11/h3-4,6,8-9,13H,2,5,7H2,1H3. The fourth-order valence-corrected chi connectivity index (χ4v) is 2.20. The van der Waals surface area contributed by atoms with E-state index in [1.54, 1.807) is 11.3 Å². The summed E-state index contributed by atoms with van der Waals surface area (Å²) in [5.41, 5.74) is 1.03. The molecule has 0 bridgehead atoms. The van der Waals surface area contributed by atoms with Crippen molar-refractivity contribution in [2.45, 2.75) is 12.8 Å². The van der Waals surface area contributed by atoms with E-state index in [1.807, 2.05) is 25.4 Å². The molecule has 0 radical (unpaired) electrons. The molecular formula is C12H15N3S. The van der Waals surface area contributed by atoms with Gasteiger partial charge in [0, 0.05) is 12.6 Å². The van der Waals surface area contributed by atoms with Crippen LogP contribution >= 0.6 is 11.3 Å². The summed E-state index contributed by atoms with van der Waals surface area (Å²) in [6.07, 6.45) is 3.85. The molecule has 1 N–H and O–H groups in total. The SMILES string of the molecule is CNCCCc1nccc(-c2cccs2)n1. The van der Waals surface area contributed by atoms with E-state index in [9.17, 15) is 0 Å². The molecule has 3 nitrogen and oxygen atoms in total. The van der Waals surface area contributed by atoms with Crippen molar-refractivity contribution in [2.24, 2.45) is 0 Å². The van der Waals surface area contributed by atoms with Crippen molar-refractivity contribution in [1.29, 1.82) is 0 Å². The molecule has 0 spiro atoms. The lowest BCUT2D eigenvalue weighted by molar-refractivity contribution is 0.703. The van der Waals surface area contributed by atoms with Gasteiger partial charge in [-0.3, -0.25) is 0 Å². The smallest absolute Gasteiger partial charge is 0.129 e. The summed E-state index contributed by atoms with van der Waals surface area (Å²) < 4.78 is 0. The second-order valence-corrected chi connectivity index (χ2v) is 4.49. The number of nitrogens with zero attached hydrogens (tertiary/aromatic N) is 2. The molecule has 0 aliphatic heterocycles. The van der Waals surface area contributed by atoms with E-state index in [1.165, 1.54) is 4.88 Å². The van der Waals surface area contributed by atoms with Gasteiger partial charge in [0.1, 0.15) is 5.82 Å². The van der Waals surface area contributed by atoms with Crippen LogP contribution < -0.4 is 5.32 Å². The minimum Gasteiger partial charge on any atom is -0.320 e. The third-order valence-corrected chi connectivity index (χ3v) is 3.20. The number of aromatic nitrogens is 2. The summed E-state index contributed by atoms with van der Waals surface area (Å²) in [6.45, 7) is 1.01. The zero-order chi connectivity index (χ0) is 11.2. The van der Waals surface area contributed by atoms with Crippen LogP contribution in [0.15, 0.2) is 29.8 Å². The third kappa shape index (κ3) is 2.87. The van der Waals surface area contributed by atoms with Crippen molar-refractivity contribution in [3.63, 3.8) is 0 Å². The van der Waals surface area contributed by atoms with Crippen LogP contribution in [0.3, 0.4) is 0 Å². The van der Waals surface area contributed by atoms with E-state index < -0.39 is 0 Å². The Kier molecular flexibility index (Phi) is 4.02. The van der Waals surface area contributed by atoms with E-state index in [-0.39, 0.29) is 0 Å². The number of nitrogens with one attached hydrogen (secondary N) is 1. The molecule has 2 aromatic rings. The molecule has 0 aliphatic rings. The van der Waals surface area contributed by atoms with Crippen molar-refractivity contribution in [3.8, 4) is 10.6 Å². The molecule has 0 unspecified atom stereocenters. The van der Waals surface area contributed by atoms with Gasteiger partial charge in [-0.2, -0.15) is 0 Å². The minimum absolute atomic E-state index is 0.931. The number of hydrogen-bond donors (Lipinski definition) is 1. The van der Waals surface area contributed by atoms with Gasteiger partial charge in [0.25, 0.3) is 0 Å². The molecule has 0 saturated heterocycles. The average molecular weight is 233 g/mol. The van der Waals surface area contributed by atoms with E-state index in [2.05, 4.69) is 26.7 Å². The highest BCUT2D eigenvalue weighted by Gasteiger charge is 2.02. The fraction of sp³-hybridized carbons (Fsp3) is 0.333. The second-order valence-electron chi connectivity index (χ2n) is 3.54. The summed E-state index contributed by atoms with van der Waals surface area (Å²) in [5, 5.41) is 5.19. The first-order valence-electron chi connectivity index (χ1n) is 5.40. The number of aryl methyl sites for hydroxylation is 1. The van der Waals surface area contributed by atoms with Crippen LogP contribution in [0, 0.1) is 0 Å². The van der Waals surface area contributed by atoms with Crippen LogP contribution in [0.4, 0.5) is 0 Å². The summed E-state index contributed by atoms with van der Waals surface area (Å²) in [7, 11) is 1.96. The largest absolute Gasteiger partial charge is 0.320 e. The first kappa shape index (κ1) is 11.2. The Morgan fingerprint density at radius 1 is 1.38 bits per heavy atom. The van der Waals surface area contributed by atoms with E-state index in [4.69, 9.17) is 0 Å². The molecule has 0 fully saturated rings. The highest BCUT2D eigenvalue weighted by atomic mass is 32.1. The molecule has 0 saturated carbocycles. The van der Waals surface area contributed by atoms with Gasteiger partial charge >= 0.3 is 0 Å². The summed E-state index contributed by atoms with van der Waals surface area (Å²) in [6, 6.07) is 6.10. The molecule has 0 atom stereocenters. The van der Waals surface area contributed by atoms with Crippen LogP contribution in [0.2, 0.25) is 0 Å². The number of rotatable bonds is 5. The van der Waals surface area contributed by atoms with E-state index >= 15 is 0 Å². The summed E-state index contributed by atoms with van der Waals surface area (Å²) in [5.74, 6) is 0.932. The van der Waals surface area contributed by atoms with Crippen LogP contribution in [0.1, 0.15) is 12.2 Å². The van der Waals surface area contributed by atoms with Gasteiger partial charge in [0.2, 0.25) is 0 Å². The molecule has 0 amide bonds. The number of thiophene rings is 1. The molecule has 2 rings (SSSR count). The van der Waals surface area contributed by atoms with E-state index in [0.717, 1.165) is 30.9 Å².